The highest BCUT2D eigenvalue weighted by atomic mass is 16.5. The predicted octanol–water partition coefficient (Wildman–Crippen LogP) is 4.01. The molecule has 140 valence electrons. The number of hydrogen-bond donors (Lipinski definition) is 1. The van der Waals surface area contributed by atoms with Gasteiger partial charge in [-0.05, 0) is 54.4 Å². The molecule has 5 nitrogen and oxygen atoms in total. The van der Waals surface area contributed by atoms with Crippen molar-refractivity contribution in [2.45, 2.75) is 6.42 Å². The number of nitrogens with zero attached hydrogens (tertiary/aromatic N) is 2. The maximum Gasteiger partial charge on any atom is 0.251 e. The van der Waals surface area contributed by atoms with Gasteiger partial charge in [0.05, 0.1) is 18.1 Å². The summed E-state index contributed by atoms with van der Waals surface area (Å²) < 4.78 is 7.20. The zero-order chi connectivity index (χ0) is 19.3. The molecule has 0 aliphatic carbocycles. The lowest BCUT2D eigenvalue weighted by Gasteiger charge is -2.07. The molecule has 0 saturated carbocycles. The van der Waals surface area contributed by atoms with Crippen molar-refractivity contribution in [3.63, 3.8) is 0 Å². The number of aromatic nitrogens is 2. The Labute approximate surface area is 163 Å². The van der Waals surface area contributed by atoms with E-state index in [4.69, 9.17) is 4.74 Å². The Morgan fingerprint density at radius 3 is 2.57 bits per heavy atom. The molecule has 1 N–H and O–H groups in total. The first-order chi connectivity index (χ1) is 13.7. The number of fused-ring (bicyclic) bond motifs is 1. The van der Waals surface area contributed by atoms with Crippen LogP contribution in [0.1, 0.15) is 15.9 Å². The Morgan fingerprint density at radius 2 is 1.82 bits per heavy atom. The molecule has 1 aromatic heterocycles. The second kappa shape index (κ2) is 7.96. The van der Waals surface area contributed by atoms with E-state index in [1.807, 2.05) is 65.2 Å². The summed E-state index contributed by atoms with van der Waals surface area (Å²) in [5.74, 6) is 0.722. The van der Waals surface area contributed by atoms with Crippen molar-refractivity contribution in [1.29, 1.82) is 0 Å². The molecule has 0 atom stereocenters. The van der Waals surface area contributed by atoms with Crippen molar-refractivity contribution >= 4 is 16.9 Å². The molecule has 0 aliphatic rings. The number of hydrogen-bond acceptors (Lipinski definition) is 3. The van der Waals surface area contributed by atoms with Crippen LogP contribution in [0.15, 0.2) is 79.1 Å². The molecule has 0 bridgehead atoms. The zero-order valence-corrected chi connectivity index (χ0v) is 15.6. The number of amides is 1. The molecule has 1 heterocycles. The van der Waals surface area contributed by atoms with Crippen molar-refractivity contribution in [1.82, 2.24) is 14.9 Å². The van der Waals surface area contributed by atoms with Crippen molar-refractivity contribution in [3.8, 4) is 11.4 Å². The lowest BCUT2D eigenvalue weighted by atomic mass is 10.1. The fourth-order valence-electron chi connectivity index (χ4n) is 3.17. The van der Waals surface area contributed by atoms with Gasteiger partial charge in [-0.1, -0.05) is 30.3 Å². The quantitative estimate of drug-likeness (QED) is 0.557. The van der Waals surface area contributed by atoms with Gasteiger partial charge in [-0.15, -0.1) is 0 Å². The van der Waals surface area contributed by atoms with Crippen LogP contribution in [-0.2, 0) is 6.42 Å². The molecule has 4 rings (SSSR count). The van der Waals surface area contributed by atoms with E-state index in [0.717, 1.165) is 28.9 Å². The standard InChI is InChI=1S/C23H21N3O2/c1-28-20-10-8-19(9-11-20)26-16-25-21-15-18(7-12-22(21)26)23(27)24-14-13-17-5-3-2-4-6-17/h2-12,15-16H,13-14H2,1H3,(H,24,27). The summed E-state index contributed by atoms with van der Waals surface area (Å²) in [5.41, 5.74) is 4.54. The number of benzene rings is 3. The van der Waals surface area contributed by atoms with Crippen LogP contribution in [0.5, 0.6) is 5.75 Å². The van der Waals surface area contributed by atoms with Gasteiger partial charge in [-0.3, -0.25) is 9.36 Å². The number of rotatable bonds is 6. The Hall–Kier alpha value is -3.60. The first-order valence-electron chi connectivity index (χ1n) is 9.18. The highest BCUT2D eigenvalue weighted by Gasteiger charge is 2.10. The van der Waals surface area contributed by atoms with E-state index in [9.17, 15) is 4.79 Å². The molecule has 3 aromatic carbocycles. The van der Waals surface area contributed by atoms with Crippen molar-refractivity contribution < 1.29 is 9.53 Å². The molecule has 4 aromatic rings. The minimum atomic E-state index is -0.0863. The van der Waals surface area contributed by atoms with E-state index in [1.54, 1.807) is 13.4 Å². The van der Waals surface area contributed by atoms with Crippen LogP contribution >= 0.6 is 0 Å². The third kappa shape index (κ3) is 3.74. The predicted molar refractivity (Wildman–Crippen MR) is 110 cm³/mol. The van der Waals surface area contributed by atoms with Gasteiger partial charge in [-0.25, -0.2) is 4.98 Å². The maximum absolute atomic E-state index is 12.5. The highest BCUT2D eigenvalue weighted by Crippen LogP contribution is 2.21. The summed E-state index contributed by atoms with van der Waals surface area (Å²) in [6.45, 7) is 0.598. The van der Waals surface area contributed by atoms with Crippen LogP contribution < -0.4 is 10.1 Å². The summed E-state index contributed by atoms with van der Waals surface area (Å²) in [6.07, 6.45) is 2.57. The summed E-state index contributed by atoms with van der Waals surface area (Å²) >= 11 is 0. The van der Waals surface area contributed by atoms with Crippen molar-refractivity contribution in [2.75, 3.05) is 13.7 Å². The summed E-state index contributed by atoms with van der Waals surface area (Å²) in [4.78, 5) is 16.9. The average molecular weight is 371 g/mol. The number of ether oxygens (including phenoxy) is 1. The number of carbonyl (C=O) groups is 1. The molecule has 0 unspecified atom stereocenters. The van der Waals surface area contributed by atoms with Crippen molar-refractivity contribution in [3.05, 3.63) is 90.3 Å². The molecule has 0 aliphatic heterocycles. The monoisotopic (exact) mass is 371 g/mol. The van der Waals surface area contributed by atoms with Gasteiger partial charge in [0.15, 0.2) is 0 Å². The van der Waals surface area contributed by atoms with Gasteiger partial charge in [0.25, 0.3) is 5.91 Å². The average Bonchev–Trinajstić information content (AvgIpc) is 3.18. The largest absolute Gasteiger partial charge is 0.497 e. The molecule has 0 fully saturated rings. The molecule has 28 heavy (non-hydrogen) atoms. The molecule has 0 radical (unpaired) electrons. The number of imidazole rings is 1. The zero-order valence-electron chi connectivity index (χ0n) is 15.6. The van der Waals surface area contributed by atoms with Crippen LogP contribution in [0.25, 0.3) is 16.7 Å². The van der Waals surface area contributed by atoms with E-state index >= 15 is 0 Å². The second-order valence-corrected chi connectivity index (χ2v) is 6.51. The van der Waals surface area contributed by atoms with Gasteiger partial charge in [0.1, 0.15) is 12.1 Å². The molecule has 1 amide bonds. The van der Waals surface area contributed by atoms with Crippen LogP contribution in [0.2, 0.25) is 0 Å². The van der Waals surface area contributed by atoms with Gasteiger partial charge in [0, 0.05) is 17.8 Å². The Kier molecular flexibility index (Phi) is 5.06. The lowest BCUT2D eigenvalue weighted by molar-refractivity contribution is 0.0954. The molecular weight excluding hydrogens is 350 g/mol. The summed E-state index contributed by atoms with van der Waals surface area (Å²) in [6, 6.07) is 23.5. The first kappa shape index (κ1) is 17.8. The first-order valence-corrected chi connectivity index (χ1v) is 9.18. The molecule has 0 saturated heterocycles. The summed E-state index contributed by atoms with van der Waals surface area (Å²) in [5, 5.41) is 2.98. The SMILES string of the molecule is COc1ccc(-n2cnc3cc(C(=O)NCCc4ccccc4)ccc32)cc1. The topological polar surface area (TPSA) is 56.2 Å². The van der Waals surface area contributed by atoms with E-state index < -0.39 is 0 Å². The molecule has 0 spiro atoms. The fourth-order valence-corrected chi connectivity index (χ4v) is 3.17. The Balaban J connectivity index is 1.48. The third-order valence-corrected chi connectivity index (χ3v) is 4.70. The van der Waals surface area contributed by atoms with Crippen LogP contribution in [0.3, 0.4) is 0 Å². The Morgan fingerprint density at radius 1 is 1.04 bits per heavy atom. The van der Waals surface area contributed by atoms with Gasteiger partial charge < -0.3 is 10.1 Å². The van der Waals surface area contributed by atoms with Gasteiger partial charge in [-0.2, -0.15) is 0 Å². The van der Waals surface area contributed by atoms with Crippen LogP contribution in [0.4, 0.5) is 0 Å². The highest BCUT2D eigenvalue weighted by molar-refractivity contribution is 5.97. The summed E-state index contributed by atoms with van der Waals surface area (Å²) in [7, 11) is 1.65. The van der Waals surface area contributed by atoms with Gasteiger partial charge in [0.2, 0.25) is 0 Å². The lowest BCUT2D eigenvalue weighted by Crippen LogP contribution is -2.25. The number of methoxy groups -OCH3 is 1. The Bertz CT molecular complexity index is 1090. The van der Waals surface area contributed by atoms with Crippen molar-refractivity contribution in [2.24, 2.45) is 0 Å². The van der Waals surface area contributed by atoms with E-state index in [2.05, 4.69) is 22.4 Å². The number of nitrogens with one attached hydrogen (secondary N) is 1. The van der Waals surface area contributed by atoms with Gasteiger partial charge >= 0.3 is 0 Å². The van der Waals surface area contributed by atoms with E-state index in [1.165, 1.54) is 5.56 Å². The van der Waals surface area contributed by atoms with E-state index in [-0.39, 0.29) is 5.91 Å². The number of carbonyl (C=O) groups excluding carboxylic acids is 1. The molecule has 5 heteroatoms. The minimum Gasteiger partial charge on any atom is -0.497 e. The second-order valence-electron chi connectivity index (χ2n) is 6.51. The smallest absolute Gasteiger partial charge is 0.251 e. The normalized spacial score (nSPS) is 10.8. The van der Waals surface area contributed by atoms with Crippen LogP contribution in [-0.4, -0.2) is 29.1 Å². The minimum absolute atomic E-state index is 0.0863. The molecular formula is C23H21N3O2. The maximum atomic E-state index is 12.5. The fraction of sp³-hybridized carbons (Fsp3) is 0.130. The third-order valence-electron chi connectivity index (χ3n) is 4.70. The van der Waals surface area contributed by atoms with E-state index in [0.29, 0.717) is 12.1 Å². The van der Waals surface area contributed by atoms with Crippen LogP contribution in [0, 0.1) is 0 Å².